The molecule has 0 unspecified atom stereocenters. The number of aliphatic carboxylic acids is 1. The number of carbonyl (C=O) groups is 1. The molecule has 3 aromatic heterocycles. The van der Waals surface area contributed by atoms with E-state index in [9.17, 15) is 9.59 Å². The lowest BCUT2D eigenvalue weighted by Crippen LogP contribution is -2.29. The summed E-state index contributed by atoms with van der Waals surface area (Å²) >= 11 is 0. The Bertz CT molecular complexity index is 1090. The number of carboxylic acids is 1. The van der Waals surface area contributed by atoms with Gasteiger partial charge in [-0.25, -0.2) is 9.67 Å². The molecule has 23 heavy (non-hydrogen) atoms. The monoisotopic (exact) mass is 310 g/mol. The van der Waals surface area contributed by atoms with Crippen LogP contribution in [0.15, 0.2) is 52.0 Å². The van der Waals surface area contributed by atoms with Gasteiger partial charge in [-0.15, -0.1) is 5.10 Å². The molecule has 0 aliphatic carbocycles. The zero-order valence-electron chi connectivity index (χ0n) is 11.7. The van der Waals surface area contributed by atoms with Crippen LogP contribution in [-0.4, -0.2) is 30.2 Å². The average molecular weight is 310 g/mol. The molecule has 8 nitrogen and oxygen atoms in total. The molecule has 3 heterocycles. The summed E-state index contributed by atoms with van der Waals surface area (Å²) in [6.45, 7) is -0.537. The highest BCUT2D eigenvalue weighted by molar-refractivity contribution is 5.88. The Hall–Kier alpha value is -3.42. The van der Waals surface area contributed by atoms with Gasteiger partial charge in [0.1, 0.15) is 18.3 Å². The van der Waals surface area contributed by atoms with E-state index >= 15 is 0 Å². The summed E-state index contributed by atoms with van der Waals surface area (Å²) in [6, 6.07) is 9.11. The standard InChI is InChI=1S/C15H10N4O4/c20-12(21)8-18-15(22)11-7-9-3-1-2-4-10(9)19(11)13(17-18)14-16-5-6-23-14/h1-7H,8H2,(H,20,21). The minimum absolute atomic E-state index is 0.204. The molecule has 8 heteroatoms. The second-order valence-corrected chi connectivity index (χ2v) is 4.94. The highest BCUT2D eigenvalue weighted by Crippen LogP contribution is 2.23. The molecule has 0 aliphatic rings. The van der Waals surface area contributed by atoms with E-state index in [0.29, 0.717) is 5.52 Å². The van der Waals surface area contributed by atoms with Crippen molar-refractivity contribution in [1.82, 2.24) is 19.2 Å². The molecule has 0 aliphatic heterocycles. The third-order valence-corrected chi connectivity index (χ3v) is 3.50. The molecule has 0 atom stereocenters. The molecule has 0 saturated carbocycles. The molecule has 0 fully saturated rings. The normalized spacial score (nSPS) is 11.3. The van der Waals surface area contributed by atoms with Crippen molar-refractivity contribution in [3.05, 3.63) is 53.1 Å². The Morgan fingerprint density at radius 1 is 1.26 bits per heavy atom. The summed E-state index contributed by atoms with van der Waals surface area (Å²) in [6.07, 6.45) is 2.85. The van der Waals surface area contributed by atoms with Crippen LogP contribution >= 0.6 is 0 Å². The summed E-state index contributed by atoms with van der Waals surface area (Å²) in [7, 11) is 0. The molecule has 0 bridgehead atoms. The van der Waals surface area contributed by atoms with Crippen LogP contribution in [-0.2, 0) is 11.3 Å². The van der Waals surface area contributed by atoms with Crippen LogP contribution < -0.4 is 5.56 Å². The molecule has 1 aromatic carbocycles. The van der Waals surface area contributed by atoms with Crippen LogP contribution in [0.2, 0.25) is 0 Å². The number of oxazole rings is 1. The maximum absolute atomic E-state index is 12.5. The van der Waals surface area contributed by atoms with Gasteiger partial charge in [-0.1, -0.05) is 18.2 Å². The van der Waals surface area contributed by atoms with Gasteiger partial charge < -0.3 is 9.52 Å². The topological polar surface area (TPSA) is 103 Å². The van der Waals surface area contributed by atoms with E-state index in [2.05, 4.69) is 10.1 Å². The van der Waals surface area contributed by atoms with Crippen molar-refractivity contribution in [2.45, 2.75) is 6.54 Å². The minimum atomic E-state index is -1.15. The Balaban J connectivity index is 2.17. The number of aromatic nitrogens is 4. The number of carboxylic acid groups (broad SMARTS) is 1. The van der Waals surface area contributed by atoms with Crippen molar-refractivity contribution in [3.8, 4) is 11.7 Å². The number of rotatable bonds is 3. The van der Waals surface area contributed by atoms with Gasteiger partial charge in [0.2, 0.25) is 5.82 Å². The van der Waals surface area contributed by atoms with Gasteiger partial charge in [0.05, 0.1) is 11.7 Å². The molecular formula is C15H10N4O4. The first-order chi connectivity index (χ1) is 11.1. The summed E-state index contributed by atoms with van der Waals surface area (Å²) in [5, 5.41) is 14.0. The lowest BCUT2D eigenvalue weighted by Gasteiger charge is -2.07. The zero-order valence-corrected chi connectivity index (χ0v) is 11.7. The maximum Gasteiger partial charge on any atom is 0.325 e. The van der Waals surface area contributed by atoms with Crippen LogP contribution in [0.1, 0.15) is 0 Å². The predicted molar refractivity (Wildman–Crippen MR) is 80.1 cm³/mol. The fourth-order valence-corrected chi connectivity index (χ4v) is 2.58. The minimum Gasteiger partial charge on any atom is -0.480 e. The largest absolute Gasteiger partial charge is 0.480 e. The van der Waals surface area contributed by atoms with Gasteiger partial charge in [0, 0.05) is 5.39 Å². The van der Waals surface area contributed by atoms with Gasteiger partial charge in [0.25, 0.3) is 11.4 Å². The van der Waals surface area contributed by atoms with E-state index in [4.69, 9.17) is 9.52 Å². The van der Waals surface area contributed by atoms with E-state index in [1.807, 2.05) is 24.3 Å². The number of nitrogens with zero attached hydrogens (tertiary/aromatic N) is 4. The van der Waals surface area contributed by atoms with Crippen LogP contribution in [0, 0.1) is 0 Å². The Kier molecular flexibility index (Phi) is 2.77. The van der Waals surface area contributed by atoms with Crippen LogP contribution in [0.5, 0.6) is 0 Å². The first-order valence-corrected chi connectivity index (χ1v) is 6.78. The number of para-hydroxylation sites is 1. The van der Waals surface area contributed by atoms with E-state index < -0.39 is 18.1 Å². The second-order valence-electron chi connectivity index (χ2n) is 4.94. The fraction of sp³-hybridized carbons (Fsp3) is 0.0667. The molecule has 1 N–H and O–H groups in total. The van der Waals surface area contributed by atoms with Gasteiger partial charge in [-0.05, 0) is 12.1 Å². The molecule has 4 rings (SSSR count). The smallest absolute Gasteiger partial charge is 0.325 e. The predicted octanol–water partition coefficient (Wildman–Crippen LogP) is 1.39. The number of benzene rings is 1. The lowest BCUT2D eigenvalue weighted by molar-refractivity contribution is -0.137. The van der Waals surface area contributed by atoms with Crippen molar-refractivity contribution < 1.29 is 14.3 Å². The second kappa shape index (κ2) is 4.80. The van der Waals surface area contributed by atoms with Crippen molar-refractivity contribution in [2.75, 3.05) is 0 Å². The summed E-state index contributed by atoms with van der Waals surface area (Å²) in [4.78, 5) is 27.6. The van der Waals surface area contributed by atoms with E-state index in [0.717, 1.165) is 15.6 Å². The zero-order chi connectivity index (χ0) is 16.0. The van der Waals surface area contributed by atoms with E-state index in [-0.39, 0.29) is 11.7 Å². The van der Waals surface area contributed by atoms with Gasteiger partial charge in [0.15, 0.2) is 0 Å². The van der Waals surface area contributed by atoms with E-state index in [1.165, 1.54) is 12.5 Å². The van der Waals surface area contributed by atoms with Crippen LogP contribution in [0.3, 0.4) is 0 Å². The van der Waals surface area contributed by atoms with Gasteiger partial charge in [-0.3, -0.25) is 14.0 Å². The summed E-state index contributed by atoms with van der Waals surface area (Å²) in [5.41, 5.74) is 0.595. The third-order valence-electron chi connectivity index (χ3n) is 3.50. The Morgan fingerprint density at radius 3 is 2.83 bits per heavy atom. The van der Waals surface area contributed by atoms with Crippen molar-refractivity contribution in [3.63, 3.8) is 0 Å². The summed E-state index contributed by atoms with van der Waals surface area (Å²) < 4.78 is 7.81. The molecule has 0 spiro atoms. The number of hydrogen-bond acceptors (Lipinski definition) is 5. The van der Waals surface area contributed by atoms with Crippen molar-refractivity contribution >= 4 is 22.4 Å². The third kappa shape index (κ3) is 2.00. The Morgan fingerprint density at radius 2 is 2.09 bits per heavy atom. The van der Waals surface area contributed by atoms with Gasteiger partial charge in [-0.2, -0.15) is 0 Å². The Labute approximate surface area is 128 Å². The summed E-state index contributed by atoms with van der Waals surface area (Å²) in [5.74, 6) is -0.680. The quantitative estimate of drug-likeness (QED) is 0.613. The van der Waals surface area contributed by atoms with Crippen LogP contribution in [0.4, 0.5) is 0 Å². The first kappa shape index (κ1) is 13.3. The molecule has 4 aromatic rings. The lowest BCUT2D eigenvalue weighted by atomic mass is 10.2. The van der Waals surface area contributed by atoms with Gasteiger partial charge >= 0.3 is 5.97 Å². The average Bonchev–Trinajstić information content (AvgIpc) is 3.17. The molecule has 0 saturated heterocycles. The number of fused-ring (bicyclic) bond motifs is 3. The molecule has 114 valence electrons. The van der Waals surface area contributed by atoms with Crippen molar-refractivity contribution in [1.29, 1.82) is 0 Å². The highest BCUT2D eigenvalue weighted by atomic mass is 16.4. The highest BCUT2D eigenvalue weighted by Gasteiger charge is 2.19. The maximum atomic E-state index is 12.5. The SMILES string of the molecule is O=C(O)Cn1nc(-c2ncco2)n2c(cc3ccccc32)c1=O. The molecule has 0 amide bonds. The molecule has 0 radical (unpaired) electrons. The number of hydrogen-bond donors (Lipinski definition) is 1. The fourth-order valence-electron chi connectivity index (χ4n) is 2.58. The molecular weight excluding hydrogens is 300 g/mol. The van der Waals surface area contributed by atoms with Crippen LogP contribution in [0.25, 0.3) is 28.1 Å². The van der Waals surface area contributed by atoms with E-state index in [1.54, 1.807) is 10.5 Å². The van der Waals surface area contributed by atoms with Crippen molar-refractivity contribution in [2.24, 2.45) is 0 Å². The first-order valence-electron chi connectivity index (χ1n) is 6.78.